The van der Waals surface area contributed by atoms with Gasteiger partial charge >= 0.3 is 0 Å². The van der Waals surface area contributed by atoms with Crippen molar-refractivity contribution in [1.29, 1.82) is 0 Å². The van der Waals surface area contributed by atoms with E-state index in [9.17, 15) is 4.79 Å². The number of nitrogens with one attached hydrogen (secondary N) is 1. The second-order valence-electron chi connectivity index (χ2n) is 6.61. The number of imidazole rings is 1. The summed E-state index contributed by atoms with van der Waals surface area (Å²) >= 11 is 0. The van der Waals surface area contributed by atoms with Gasteiger partial charge in [0.15, 0.2) is 6.61 Å². The van der Waals surface area contributed by atoms with Crippen molar-refractivity contribution in [3.05, 3.63) is 78.6 Å². The highest BCUT2D eigenvalue weighted by Gasteiger charge is 2.12. The van der Waals surface area contributed by atoms with Crippen LogP contribution in [0, 0.1) is 6.92 Å². The van der Waals surface area contributed by atoms with Gasteiger partial charge in [-0.15, -0.1) is 0 Å². The number of rotatable bonds is 6. The number of anilines is 1. The van der Waals surface area contributed by atoms with E-state index in [1.165, 1.54) is 0 Å². The molecule has 1 N–H and O–H groups in total. The molecule has 0 bridgehead atoms. The van der Waals surface area contributed by atoms with Crippen LogP contribution in [0.2, 0.25) is 0 Å². The average molecular weight is 387 g/mol. The van der Waals surface area contributed by atoms with Gasteiger partial charge in [0.05, 0.1) is 18.5 Å². The number of pyridine rings is 1. The fourth-order valence-electron chi connectivity index (χ4n) is 3.11. The van der Waals surface area contributed by atoms with Crippen LogP contribution in [0.4, 0.5) is 5.69 Å². The Kier molecular flexibility index (Phi) is 5.16. The first-order valence-corrected chi connectivity index (χ1v) is 9.24. The summed E-state index contributed by atoms with van der Waals surface area (Å²) in [6.45, 7) is 1.93. The van der Waals surface area contributed by atoms with Crippen LogP contribution in [0.3, 0.4) is 0 Å². The van der Waals surface area contributed by atoms with Gasteiger partial charge in [-0.25, -0.2) is 4.98 Å². The molecule has 0 aliphatic rings. The minimum absolute atomic E-state index is 0.0923. The molecule has 0 saturated carbocycles. The van der Waals surface area contributed by atoms with Crippen LogP contribution in [-0.2, 0) is 4.79 Å². The van der Waals surface area contributed by atoms with Crippen molar-refractivity contribution in [3.63, 3.8) is 0 Å². The number of methoxy groups -OCH3 is 1. The Labute approximate surface area is 168 Å². The molecule has 2 heterocycles. The van der Waals surface area contributed by atoms with Crippen molar-refractivity contribution < 1.29 is 14.3 Å². The minimum atomic E-state index is -0.242. The number of hydrogen-bond acceptors (Lipinski definition) is 4. The van der Waals surface area contributed by atoms with Crippen LogP contribution >= 0.6 is 0 Å². The predicted molar refractivity (Wildman–Crippen MR) is 112 cm³/mol. The molecule has 146 valence electrons. The van der Waals surface area contributed by atoms with Gasteiger partial charge in [-0.1, -0.05) is 24.3 Å². The molecule has 6 heteroatoms. The Hall–Kier alpha value is -3.80. The van der Waals surface area contributed by atoms with E-state index in [4.69, 9.17) is 14.5 Å². The van der Waals surface area contributed by atoms with E-state index in [1.807, 2.05) is 60.1 Å². The lowest BCUT2D eigenvalue weighted by atomic mass is 10.1. The highest BCUT2D eigenvalue weighted by atomic mass is 16.5. The van der Waals surface area contributed by atoms with Gasteiger partial charge in [-0.05, 0) is 48.9 Å². The van der Waals surface area contributed by atoms with E-state index in [2.05, 4.69) is 5.32 Å². The molecule has 0 aliphatic heterocycles. The first-order valence-electron chi connectivity index (χ1n) is 9.24. The maximum Gasteiger partial charge on any atom is 0.262 e. The van der Waals surface area contributed by atoms with Gasteiger partial charge in [0.2, 0.25) is 0 Å². The Morgan fingerprint density at radius 1 is 1.03 bits per heavy atom. The number of carbonyl (C=O) groups is 1. The normalized spacial score (nSPS) is 10.7. The maximum absolute atomic E-state index is 12.4. The standard InChI is InChI=1S/C23H21N3O3/c1-16-6-5-13-26-14-21(25-23(16)26)19-7-3-4-8-20(19)24-22(27)15-29-18-11-9-17(28-2)10-12-18/h3-14H,15H2,1-2H3,(H,24,27). The first kappa shape index (κ1) is 18.6. The summed E-state index contributed by atoms with van der Waals surface area (Å²) in [6.07, 6.45) is 3.92. The van der Waals surface area contributed by atoms with Gasteiger partial charge in [-0.2, -0.15) is 0 Å². The number of fused-ring (bicyclic) bond motifs is 1. The van der Waals surface area contributed by atoms with Crippen LogP contribution in [0.1, 0.15) is 5.56 Å². The number of amides is 1. The third-order valence-electron chi connectivity index (χ3n) is 4.58. The molecule has 0 atom stereocenters. The highest BCUT2D eigenvalue weighted by molar-refractivity contribution is 5.96. The van der Waals surface area contributed by atoms with Crippen molar-refractivity contribution in [2.45, 2.75) is 6.92 Å². The molecule has 6 nitrogen and oxygen atoms in total. The third-order valence-corrected chi connectivity index (χ3v) is 4.58. The molecule has 0 spiro atoms. The fraction of sp³-hybridized carbons (Fsp3) is 0.130. The Morgan fingerprint density at radius 2 is 1.79 bits per heavy atom. The summed E-state index contributed by atoms with van der Waals surface area (Å²) in [6, 6.07) is 18.7. The van der Waals surface area contributed by atoms with Crippen molar-refractivity contribution in [1.82, 2.24) is 9.38 Å². The maximum atomic E-state index is 12.4. The smallest absolute Gasteiger partial charge is 0.262 e. The second-order valence-corrected chi connectivity index (χ2v) is 6.61. The van der Waals surface area contributed by atoms with Crippen molar-refractivity contribution in [3.8, 4) is 22.8 Å². The zero-order valence-corrected chi connectivity index (χ0v) is 16.3. The zero-order valence-electron chi connectivity index (χ0n) is 16.3. The molecular weight excluding hydrogens is 366 g/mol. The van der Waals surface area contributed by atoms with Gasteiger partial charge in [-0.3, -0.25) is 4.79 Å². The van der Waals surface area contributed by atoms with Gasteiger partial charge in [0.25, 0.3) is 5.91 Å². The SMILES string of the molecule is COc1ccc(OCC(=O)Nc2ccccc2-c2cn3cccc(C)c3n2)cc1. The molecule has 1 amide bonds. The molecule has 2 aromatic carbocycles. The van der Waals surface area contributed by atoms with E-state index in [1.54, 1.807) is 31.4 Å². The van der Waals surface area contributed by atoms with Crippen LogP contribution < -0.4 is 14.8 Å². The molecule has 0 fully saturated rings. The summed E-state index contributed by atoms with van der Waals surface area (Å²) in [7, 11) is 1.60. The van der Waals surface area contributed by atoms with E-state index >= 15 is 0 Å². The van der Waals surface area contributed by atoms with Crippen LogP contribution in [0.15, 0.2) is 73.1 Å². The molecule has 29 heavy (non-hydrogen) atoms. The second kappa shape index (κ2) is 8.06. The number of nitrogens with zero attached hydrogens (tertiary/aromatic N) is 2. The number of aromatic nitrogens is 2. The quantitative estimate of drug-likeness (QED) is 0.535. The minimum Gasteiger partial charge on any atom is -0.497 e. The topological polar surface area (TPSA) is 64.9 Å². The Bertz CT molecular complexity index is 1150. The first-order chi connectivity index (χ1) is 14.1. The summed E-state index contributed by atoms with van der Waals surface area (Å²) in [5.74, 6) is 1.09. The molecule has 0 saturated heterocycles. The predicted octanol–water partition coefficient (Wildman–Crippen LogP) is 4.34. The average Bonchev–Trinajstić information content (AvgIpc) is 3.18. The van der Waals surface area contributed by atoms with Gasteiger partial charge in [0.1, 0.15) is 17.1 Å². The number of ether oxygens (including phenoxy) is 2. The van der Waals surface area contributed by atoms with Crippen molar-refractivity contribution in [2.75, 3.05) is 19.0 Å². The number of benzene rings is 2. The fourth-order valence-corrected chi connectivity index (χ4v) is 3.11. The van der Waals surface area contributed by atoms with Crippen LogP contribution in [0.25, 0.3) is 16.9 Å². The molecule has 2 aromatic heterocycles. The lowest BCUT2D eigenvalue weighted by Gasteiger charge is -2.11. The molecule has 4 aromatic rings. The molecular formula is C23H21N3O3. The summed E-state index contributed by atoms with van der Waals surface area (Å²) in [5.41, 5.74) is 4.33. The monoisotopic (exact) mass is 387 g/mol. The van der Waals surface area contributed by atoms with E-state index in [-0.39, 0.29) is 12.5 Å². The number of hydrogen-bond donors (Lipinski definition) is 1. The molecule has 0 aliphatic carbocycles. The molecule has 0 radical (unpaired) electrons. The summed E-state index contributed by atoms with van der Waals surface area (Å²) < 4.78 is 12.7. The Morgan fingerprint density at radius 3 is 2.55 bits per heavy atom. The van der Waals surface area contributed by atoms with Gasteiger partial charge < -0.3 is 19.2 Å². The van der Waals surface area contributed by atoms with Gasteiger partial charge in [0, 0.05) is 18.0 Å². The van der Waals surface area contributed by atoms with Crippen LogP contribution in [-0.4, -0.2) is 29.0 Å². The van der Waals surface area contributed by atoms with E-state index < -0.39 is 0 Å². The summed E-state index contributed by atoms with van der Waals surface area (Å²) in [4.78, 5) is 17.2. The van der Waals surface area contributed by atoms with Crippen molar-refractivity contribution in [2.24, 2.45) is 0 Å². The highest BCUT2D eigenvalue weighted by Crippen LogP contribution is 2.28. The molecule has 4 rings (SSSR count). The Balaban J connectivity index is 1.50. The number of aryl methyl sites for hydroxylation is 1. The summed E-state index contributed by atoms with van der Waals surface area (Å²) in [5, 5.41) is 2.92. The largest absolute Gasteiger partial charge is 0.497 e. The third kappa shape index (κ3) is 4.06. The van der Waals surface area contributed by atoms with E-state index in [0.717, 1.165) is 28.2 Å². The lowest BCUT2D eigenvalue weighted by Crippen LogP contribution is -2.20. The van der Waals surface area contributed by atoms with E-state index in [0.29, 0.717) is 11.4 Å². The number of carbonyl (C=O) groups excluding carboxylic acids is 1. The zero-order chi connectivity index (χ0) is 20.2. The van der Waals surface area contributed by atoms with Crippen LogP contribution in [0.5, 0.6) is 11.5 Å². The lowest BCUT2D eigenvalue weighted by molar-refractivity contribution is -0.118. The van der Waals surface area contributed by atoms with Crippen molar-refractivity contribution >= 4 is 17.2 Å². The number of para-hydroxylation sites is 1. The molecule has 0 unspecified atom stereocenters.